The molecule has 0 aliphatic heterocycles. The van der Waals surface area contributed by atoms with Gasteiger partial charge >= 0.3 is 0 Å². The minimum Gasteiger partial charge on any atom is -0.312 e. The van der Waals surface area contributed by atoms with Crippen LogP contribution in [0.25, 0.3) is 0 Å². The lowest BCUT2D eigenvalue weighted by Crippen LogP contribution is -2.25. The van der Waals surface area contributed by atoms with Crippen LogP contribution in [0.5, 0.6) is 0 Å². The topological polar surface area (TPSA) is 29.9 Å². The Morgan fingerprint density at radius 2 is 2.22 bits per heavy atom. The predicted molar refractivity (Wildman–Crippen MR) is 76.8 cm³/mol. The standard InChI is InChI=1S/C14H21N3S/c1-11(2)13(14-4-6-16-17(14)3)9-15-8-12-5-7-18-10-12/h4-7,10-11,13,15H,8-9H2,1-3H3/t13-/m1/s1. The molecule has 2 aromatic rings. The van der Waals surface area contributed by atoms with E-state index in [4.69, 9.17) is 0 Å². The van der Waals surface area contributed by atoms with Crippen LogP contribution in [0.15, 0.2) is 29.1 Å². The van der Waals surface area contributed by atoms with Crippen molar-refractivity contribution in [3.05, 3.63) is 40.3 Å². The molecule has 98 valence electrons. The van der Waals surface area contributed by atoms with Gasteiger partial charge in [-0.3, -0.25) is 4.68 Å². The van der Waals surface area contributed by atoms with Gasteiger partial charge in [-0.1, -0.05) is 13.8 Å². The Balaban J connectivity index is 1.93. The van der Waals surface area contributed by atoms with E-state index in [2.05, 4.69) is 47.2 Å². The minimum absolute atomic E-state index is 0.510. The molecule has 0 bridgehead atoms. The molecular weight excluding hydrogens is 242 g/mol. The normalized spacial score (nSPS) is 13.1. The Morgan fingerprint density at radius 3 is 2.78 bits per heavy atom. The number of nitrogens with one attached hydrogen (secondary N) is 1. The van der Waals surface area contributed by atoms with Crippen LogP contribution in [0.4, 0.5) is 0 Å². The van der Waals surface area contributed by atoms with E-state index < -0.39 is 0 Å². The number of hydrogen-bond acceptors (Lipinski definition) is 3. The lowest BCUT2D eigenvalue weighted by Gasteiger charge is -2.21. The Morgan fingerprint density at radius 1 is 1.39 bits per heavy atom. The average Bonchev–Trinajstić information content (AvgIpc) is 2.96. The summed E-state index contributed by atoms with van der Waals surface area (Å²) in [7, 11) is 2.02. The largest absolute Gasteiger partial charge is 0.312 e. The average molecular weight is 263 g/mol. The first-order valence-corrected chi connectivity index (χ1v) is 7.32. The van der Waals surface area contributed by atoms with Gasteiger partial charge in [0.25, 0.3) is 0 Å². The third-order valence-electron chi connectivity index (χ3n) is 3.32. The van der Waals surface area contributed by atoms with Crippen molar-refractivity contribution in [2.45, 2.75) is 26.3 Å². The molecule has 0 saturated carbocycles. The zero-order chi connectivity index (χ0) is 13.0. The molecule has 2 aromatic heterocycles. The van der Waals surface area contributed by atoms with Crippen LogP contribution in [0.1, 0.15) is 31.0 Å². The van der Waals surface area contributed by atoms with Gasteiger partial charge in [0.2, 0.25) is 0 Å². The van der Waals surface area contributed by atoms with E-state index in [1.54, 1.807) is 11.3 Å². The molecule has 2 heterocycles. The molecule has 1 atom stereocenters. The summed E-state index contributed by atoms with van der Waals surface area (Å²) in [5.74, 6) is 1.12. The molecule has 3 nitrogen and oxygen atoms in total. The highest BCUT2D eigenvalue weighted by Crippen LogP contribution is 2.23. The molecule has 0 spiro atoms. The summed E-state index contributed by atoms with van der Waals surface area (Å²) in [6.45, 7) is 6.48. The Hall–Kier alpha value is -1.13. The van der Waals surface area contributed by atoms with Crippen molar-refractivity contribution in [3.8, 4) is 0 Å². The van der Waals surface area contributed by atoms with E-state index in [-0.39, 0.29) is 0 Å². The first-order chi connectivity index (χ1) is 8.68. The van der Waals surface area contributed by atoms with Crippen LogP contribution >= 0.6 is 11.3 Å². The highest BCUT2D eigenvalue weighted by Gasteiger charge is 2.18. The van der Waals surface area contributed by atoms with Crippen molar-refractivity contribution in [3.63, 3.8) is 0 Å². The number of aryl methyl sites for hydroxylation is 1. The van der Waals surface area contributed by atoms with Crippen molar-refractivity contribution in [1.82, 2.24) is 15.1 Å². The van der Waals surface area contributed by atoms with Crippen LogP contribution in [0.2, 0.25) is 0 Å². The van der Waals surface area contributed by atoms with Gasteiger partial charge in [-0.15, -0.1) is 0 Å². The Labute approximate surface area is 113 Å². The van der Waals surface area contributed by atoms with Gasteiger partial charge in [-0.05, 0) is 34.4 Å². The lowest BCUT2D eigenvalue weighted by atomic mass is 9.92. The Bertz CT molecular complexity index is 459. The second-order valence-electron chi connectivity index (χ2n) is 4.99. The van der Waals surface area contributed by atoms with Gasteiger partial charge in [-0.25, -0.2) is 0 Å². The summed E-state index contributed by atoms with van der Waals surface area (Å²) in [6, 6.07) is 4.29. The van der Waals surface area contributed by atoms with E-state index in [9.17, 15) is 0 Å². The first kappa shape index (κ1) is 13.3. The molecule has 0 amide bonds. The fourth-order valence-electron chi connectivity index (χ4n) is 2.19. The van der Waals surface area contributed by atoms with Crippen LogP contribution in [0.3, 0.4) is 0 Å². The highest BCUT2D eigenvalue weighted by molar-refractivity contribution is 7.07. The molecule has 4 heteroatoms. The van der Waals surface area contributed by atoms with Crippen LogP contribution in [-0.4, -0.2) is 16.3 Å². The summed E-state index contributed by atoms with van der Waals surface area (Å²) in [4.78, 5) is 0. The van der Waals surface area contributed by atoms with E-state index in [1.165, 1.54) is 11.3 Å². The van der Waals surface area contributed by atoms with Crippen molar-refractivity contribution >= 4 is 11.3 Å². The van der Waals surface area contributed by atoms with Crippen molar-refractivity contribution < 1.29 is 0 Å². The van der Waals surface area contributed by atoms with E-state index in [0.717, 1.165) is 13.1 Å². The zero-order valence-corrected chi connectivity index (χ0v) is 12.1. The molecule has 0 radical (unpaired) electrons. The van der Waals surface area contributed by atoms with Crippen molar-refractivity contribution in [2.75, 3.05) is 6.54 Å². The number of hydrogen-bond donors (Lipinski definition) is 1. The molecule has 1 N–H and O–H groups in total. The van der Waals surface area contributed by atoms with Crippen LogP contribution in [0, 0.1) is 5.92 Å². The monoisotopic (exact) mass is 263 g/mol. The fraction of sp³-hybridized carbons (Fsp3) is 0.500. The van der Waals surface area contributed by atoms with E-state index in [1.807, 2.05) is 17.9 Å². The number of rotatable bonds is 6. The maximum absolute atomic E-state index is 4.27. The summed E-state index contributed by atoms with van der Waals surface area (Å²) >= 11 is 1.75. The molecule has 18 heavy (non-hydrogen) atoms. The minimum atomic E-state index is 0.510. The molecular formula is C14H21N3S. The van der Waals surface area contributed by atoms with Gasteiger partial charge in [0.05, 0.1) is 0 Å². The number of nitrogens with zero attached hydrogens (tertiary/aromatic N) is 2. The summed E-state index contributed by atoms with van der Waals surface area (Å²) in [6.07, 6.45) is 1.88. The SMILES string of the molecule is CC(C)[C@@H](CNCc1ccsc1)c1ccnn1C. The second kappa shape index (κ2) is 6.16. The van der Waals surface area contributed by atoms with E-state index in [0.29, 0.717) is 11.8 Å². The van der Waals surface area contributed by atoms with Gasteiger partial charge in [-0.2, -0.15) is 16.4 Å². The molecule has 0 unspecified atom stereocenters. The maximum atomic E-state index is 4.27. The number of aromatic nitrogens is 2. The second-order valence-corrected chi connectivity index (χ2v) is 5.77. The summed E-state index contributed by atoms with van der Waals surface area (Å²) in [5.41, 5.74) is 2.68. The quantitative estimate of drug-likeness (QED) is 0.868. The molecule has 0 aromatic carbocycles. The summed E-state index contributed by atoms with van der Waals surface area (Å²) in [5, 5.41) is 12.1. The molecule has 0 aliphatic rings. The molecule has 0 aliphatic carbocycles. The van der Waals surface area contributed by atoms with Crippen molar-refractivity contribution in [2.24, 2.45) is 13.0 Å². The van der Waals surface area contributed by atoms with Crippen LogP contribution < -0.4 is 5.32 Å². The summed E-state index contributed by atoms with van der Waals surface area (Å²) < 4.78 is 1.98. The van der Waals surface area contributed by atoms with Gasteiger partial charge in [0.1, 0.15) is 0 Å². The molecule has 2 rings (SSSR count). The predicted octanol–water partition coefficient (Wildman–Crippen LogP) is 3.01. The van der Waals surface area contributed by atoms with Crippen molar-refractivity contribution in [1.29, 1.82) is 0 Å². The zero-order valence-electron chi connectivity index (χ0n) is 11.3. The number of thiophene rings is 1. The maximum Gasteiger partial charge on any atom is 0.0492 e. The van der Waals surface area contributed by atoms with Crippen LogP contribution in [-0.2, 0) is 13.6 Å². The lowest BCUT2D eigenvalue weighted by molar-refractivity contribution is 0.437. The van der Waals surface area contributed by atoms with E-state index >= 15 is 0 Å². The fourth-order valence-corrected chi connectivity index (χ4v) is 2.86. The molecule has 0 fully saturated rings. The van der Waals surface area contributed by atoms with Gasteiger partial charge < -0.3 is 5.32 Å². The highest BCUT2D eigenvalue weighted by atomic mass is 32.1. The molecule has 0 saturated heterocycles. The van der Waals surface area contributed by atoms with Gasteiger partial charge in [0.15, 0.2) is 0 Å². The third kappa shape index (κ3) is 3.21. The first-order valence-electron chi connectivity index (χ1n) is 6.38. The Kier molecular flexibility index (Phi) is 4.55. The third-order valence-corrected chi connectivity index (χ3v) is 4.05. The smallest absolute Gasteiger partial charge is 0.0492 e. The van der Waals surface area contributed by atoms with Gasteiger partial charge in [0, 0.05) is 37.9 Å².